The van der Waals surface area contributed by atoms with E-state index in [0.717, 1.165) is 25.7 Å². The lowest BCUT2D eigenvalue weighted by Gasteiger charge is -2.37. The van der Waals surface area contributed by atoms with Crippen LogP contribution in [0.5, 0.6) is 0 Å². The smallest absolute Gasteiger partial charge is 0.282 e. The predicted molar refractivity (Wildman–Crippen MR) is 81.0 cm³/mol. The van der Waals surface area contributed by atoms with Crippen LogP contribution in [0.4, 0.5) is 0 Å². The summed E-state index contributed by atoms with van der Waals surface area (Å²) in [5.41, 5.74) is 0. The lowest BCUT2D eigenvalue weighted by atomic mass is 10.2. The molecule has 2 rings (SSSR count). The van der Waals surface area contributed by atoms with E-state index in [1.54, 1.807) is 4.31 Å². The number of rotatable bonds is 4. The molecule has 21 heavy (non-hydrogen) atoms. The summed E-state index contributed by atoms with van der Waals surface area (Å²) in [5, 5.41) is 5.84. The van der Waals surface area contributed by atoms with Gasteiger partial charge in [0.05, 0.1) is 0 Å². The summed E-state index contributed by atoms with van der Waals surface area (Å²) >= 11 is 0. The molecule has 0 radical (unpaired) electrons. The summed E-state index contributed by atoms with van der Waals surface area (Å²) in [6.07, 6.45) is 3.95. The van der Waals surface area contributed by atoms with Gasteiger partial charge in [0.2, 0.25) is 5.91 Å². The molecule has 0 saturated carbocycles. The molecule has 1 amide bonds. The first-order valence-corrected chi connectivity index (χ1v) is 9.22. The number of nitrogens with one attached hydrogen (secondary N) is 2. The van der Waals surface area contributed by atoms with Crippen LogP contribution in [0.1, 0.15) is 32.6 Å². The van der Waals surface area contributed by atoms with Gasteiger partial charge in [0.25, 0.3) is 10.2 Å². The fourth-order valence-corrected chi connectivity index (χ4v) is 4.73. The molecule has 0 aromatic carbocycles. The van der Waals surface area contributed by atoms with Crippen molar-refractivity contribution < 1.29 is 13.2 Å². The van der Waals surface area contributed by atoms with Crippen LogP contribution in [-0.2, 0) is 15.0 Å². The Morgan fingerprint density at radius 2 is 1.86 bits per heavy atom. The Kier molecular flexibility index (Phi) is 5.98. The van der Waals surface area contributed by atoms with Gasteiger partial charge in [-0.1, -0.05) is 12.8 Å². The van der Waals surface area contributed by atoms with Crippen molar-refractivity contribution in [2.75, 3.05) is 39.3 Å². The van der Waals surface area contributed by atoms with Crippen LogP contribution in [0.3, 0.4) is 0 Å². The summed E-state index contributed by atoms with van der Waals surface area (Å²) in [5.74, 6) is -0.219. The number of hydrogen-bond donors (Lipinski definition) is 2. The zero-order valence-corrected chi connectivity index (χ0v) is 13.5. The fourth-order valence-electron chi connectivity index (χ4n) is 2.90. The zero-order chi connectivity index (χ0) is 15.3. The van der Waals surface area contributed by atoms with Gasteiger partial charge in [0, 0.05) is 39.3 Å². The number of piperazine rings is 1. The number of hydrogen-bond acceptors (Lipinski definition) is 4. The quantitative estimate of drug-likeness (QED) is 0.733. The SMILES string of the molecule is CCNC(=O)C1CNCCN1S(=O)(=O)N1CCCCCC1. The largest absolute Gasteiger partial charge is 0.355 e. The highest BCUT2D eigenvalue weighted by molar-refractivity contribution is 7.86. The summed E-state index contributed by atoms with van der Waals surface area (Å²) < 4.78 is 28.6. The molecule has 2 N–H and O–H groups in total. The maximum atomic E-state index is 12.9. The third-order valence-corrected chi connectivity index (χ3v) is 6.08. The van der Waals surface area contributed by atoms with Crippen molar-refractivity contribution in [3.8, 4) is 0 Å². The summed E-state index contributed by atoms with van der Waals surface area (Å²) in [6, 6.07) is -0.646. The van der Waals surface area contributed by atoms with E-state index in [4.69, 9.17) is 0 Å². The Morgan fingerprint density at radius 3 is 2.48 bits per heavy atom. The molecule has 2 fully saturated rings. The van der Waals surface area contributed by atoms with Crippen LogP contribution < -0.4 is 10.6 Å². The van der Waals surface area contributed by atoms with Crippen LogP contribution >= 0.6 is 0 Å². The van der Waals surface area contributed by atoms with Crippen molar-refractivity contribution in [2.45, 2.75) is 38.6 Å². The van der Waals surface area contributed by atoms with E-state index in [1.165, 1.54) is 4.31 Å². The Bertz CT molecular complexity index is 446. The van der Waals surface area contributed by atoms with Gasteiger partial charge in [0.1, 0.15) is 6.04 Å². The lowest BCUT2D eigenvalue weighted by molar-refractivity contribution is -0.125. The van der Waals surface area contributed by atoms with Crippen LogP contribution in [0.25, 0.3) is 0 Å². The van der Waals surface area contributed by atoms with Gasteiger partial charge in [-0.3, -0.25) is 4.79 Å². The molecule has 0 spiro atoms. The minimum atomic E-state index is -3.56. The molecule has 0 aromatic heterocycles. The second-order valence-electron chi connectivity index (χ2n) is 5.55. The number of amides is 1. The maximum Gasteiger partial charge on any atom is 0.282 e. The van der Waals surface area contributed by atoms with Gasteiger partial charge in [-0.15, -0.1) is 0 Å². The van der Waals surface area contributed by atoms with E-state index in [9.17, 15) is 13.2 Å². The Hall–Kier alpha value is -0.700. The van der Waals surface area contributed by atoms with Crippen molar-refractivity contribution in [3.05, 3.63) is 0 Å². The van der Waals surface area contributed by atoms with Gasteiger partial charge in [-0.25, -0.2) is 0 Å². The first kappa shape index (κ1) is 16.7. The highest BCUT2D eigenvalue weighted by atomic mass is 32.2. The van der Waals surface area contributed by atoms with Crippen LogP contribution in [0, 0.1) is 0 Å². The van der Waals surface area contributed by atoms with Crippen molar-refractivity contribution in [2.24, 2.45) is 0 Å². The monoisotopic (exact) mass is 318 g/mol. The number of nitrogens with zero attached hydrogens (tertiary/aromatic N) is 2. The molecule has 0 aromatic rings. The highest BCUT2D eigenvalue weighted by Crippen LogP contribution is 2.19. The molecule has 1 atom stereocenters. The highest BCUT2D eigenvalue weighted by Gasteiger charge is 2.39. The molecule has 2 saturated heterocycles. The van der Waals surface area contributed by atoms with E-state index in [0.29, 0.717) is 39.3 Å². The molecule has 2 aliphatic heterocycles. The van der Waals surface area contributed by atoms with Gasteiger partial charge < -0.3 is 10.6 Å². The molecule has 122 valence electrons. The van der Waals surface area contributed by atoms with Crippen molar-refractivity contribution in [1.29, 1.82) is 0 Å². The van der Waals surface area contributed by atoms with E-state index in [-0.39, 0.29) is 5.91 Å². The molecular formula is C13H26N4O3S. The first-order valence-electron chi connectivity index (χ1n) is 7.82. The fraction of sp³-hybridized carbons (Fsp3) is 0.923. The average Bonchev–Trinajstić information content (AvgIpc) is 2.77. The normalized spacial score (nSPS) is 26.2. The van der Waals surface area contributed by atoms with Crippen LogP contribution in [-0.4, -0.2) is 68.2 Å². The standard InChI is InChI=1S/C13H26N4O3S/c1-2-15-13(18)12-11-14-7-10-17(12)21(19,20)16-8-5-3-4-6-9-16/h12,14H,2-11H2,1H3,(H,15,18). The van der Waals surface area contributed by atoms with Gasteiger partial charge in [-0.2, -0.15) is 17.0 Å². The maximum absolute atomic E-state index is 12.9. The van der Waals surface area contributed by atoms with E-state index >= 15 is 0 Å². The zero-order valence-electron chi connectivity index (χ0n) is 12.7. The van der Waals surface area contributed by atoms with Crippen molar-refractivity contribution >= 4 is 16.1 Å². The van der Waals surface area contributed by atoms with Gasteiger partial charge in [-0.05, 0) is 19.8 Å². The second-order valence-corrected chi connectivity index (χ2v) is 7.43. The third kappa shape index (κ3) is 3.94. The minimum Gasteiger partial charge on any atom is -0.355 e. The van der Waals surface area contributed by atoms with Crippen molar-refractivity contribution in [3.63, 3.8) is 0 Å². The summed E-state index contributed by atoms with van der Waals surface area (Å²) in [6.45, 7) is 4.78. The van der Waals surface area contributed by atoms with Crippen LogP contribution in [0.2, 0.25) is 0 Å². The van der Waals surface area contributed by atoms with Gasteiger partial charge in [0.15, 0.2) is 0 Å². The molecular weight excluding hydrogens is 292 g/mol. The van der Waals surface area contributed by atoms with Crippen LogP contribution in [0.15, 0.2) is 0 Å². The molecule has 1 unspecified atom stereocenters. The number of carbonyl (C=O) groups is 1. The summed E-state index contributed by atoms with van der Waals surface area (Å²) in [4.78, 5) is 12.1. The number of likely N-dealkylation sites (N-methyl/N-ethyl adjacent to an activating group) is 1. The first-order chi connectivity index (χ1) is 10.1. The third-order valence-electron chi connectivity index (χ3n) is 4.04. The Morgan fingerprint density at radius 1 is 1.19 bits per heavy atom. The molecule has 7 nitrogen and oxygen atoms in total. The molecule has 0 aliphatic carbocycles. The van der Waals surface area contributed by atoms with E-state index in [1.807, 2.05) is 6.92 Å². The van der Waals surface area contributed by atoms with E-state index < -0.39 is 16.3 Å². The summed E-state index contributed by atoms with van der Waals surface area (Å²) in [7, 11) is -3.56. The molecule has 8 heteroatoms. The number of carbonyl (C=O) groups excluding carboxylic acids is 1. The van der Waals surface area contributed by atoms with E-state index in [2.05, 4.69) is 10.6 Å². The Labute approximate surface area is 127 Å². The topological polar surface area (TPSA) is 81.8 Å². The molecule has 0 bridgehead atoms. The lowest BCUT2D eigenvalue weighted by Crippen LogP contribution is -2.62. The van der Waals surface area contributed by atoms with Crippen molar-refractivity contribution in [1.82, 2.24) is 19.2 Å². The minimum absolute atomic E-state index is 0.219. The Balaban J connectivity index is 2.16. The van der Waals surface area contributed by atoms with Gasteiger partial charge >= 0.3 is 0 Å². The average molecular weight is 318 g/mol. The molecule has 2 aliphatic rings. The second kappa shape index (κ2) is 7.53. The molecule has 2 heterocycles. The predicted octanol–water partition coefficient (Wildman–Crippen LogP) is -0.483.